The lowest BCUT2D eigenvalue weighted by molar-refractivity contribution is -0.144. The summed E-state index contributed by atoms with van der Waals surface area (Å²) in [4.78, 5) is 20.2. The minimum absolute atomic E-state index is 0.0121. The Morgan fingerprint density at radius 1 is 1.38 bits per heavy atom. The number of likely N-dealkylation sites (N-methyl/N-ethyl adjacent to an activating group) is 1. The molecule has 1 aliphatic heterocycles. The highest BCUT2D eigenvalue weighted by Gasteiger charge is 2.36. The van der Waals surface area contributed by atoms with E-state index in [1.807, 2.05) is 0 Å². The minimum atomic E-state index is -4.64. The molecule has 0 bridgehead atoms. The van der Waals surface area contributed by atoms with Crippen molar-refractivity contribution < 1.29 is 18.0 Å². The van der Waals surface area contributed by atoms with Gasteiger partial charge in [0, 0.05) is 26.2 Å². The zero-order valence-electron chi connectivity index (χ0n) is 11.7. The van der Waals surface area contributed by atoms with E-state index in [4.69, 9.17) is 0 Å². The van der Waals surface area contributed by atoms with Gasteiger partial charge in [0.1, 0.15) is 17.7 Å². The number of aromatic nitrogens is 2. The number of halogens is 3. The molecule has 0 saturated carbocycles. The molecule has 6 nitrogen and oxygen atoms in total. The molecule has 1 aromatic rings. The number of hydrogen-bond acceptors (Lipinski definition) is 5. The molecule has 116 valence electrons. The first kappa shape index (κ1) is 15.3. The van der Waals surface area contributed by atoms with Gasteiger partial charge in [0.15, 0.2) is 0 Å². The van der Waals surface area contributed by atoms with E-state index in [2.05, 4.69) is 20.6 Å². The summed E-state index contributed by atoms with van der Waals surface area (Å²) >= 11 is 0. The lowest BCUT2D eigenvalue weighted by Crippen LogP contribution is -2.31. The number of rotatable bonds is 4. The highest BCUT2D eigenvalue weighted by Crippen LogP contribution is 2.28. The first-order valence-electron chi connectivity index (χ1n) is 6.53. The molecule has 0 aliphatic carbocycles. The van der Waals surface area contributed by atoms with E-state index < -0.39 is 18.0 Å². The monoisotopic (exact) mass is 303 g/mol. The summed E-state index contributed by atoms with van der Waals surface area (Å²) in [6.45, 7) is 2.74. The normalized spacial score (nSPS) is 19.0. The van der Waals surface area contributed by atoms with Gasteiger partial charge in [0.25, 0.3) is 0 Å². The molecule has 9 heteroatoms. The quantitative estimate of drug-likeness (QED) is 0.883. The Morgan fingerprint density at radius 2 is 2.05 bits per heavy atom. The van der Waals surface area contributed by atoms with E-state index in [0.717, 1.165) is 0 Å². The van der Waals surface area contributed by atoms with Gasteiger partial charge in [-0.3, -0.25) is 4.79 Å². The zero-order valence-corrected chi connectivity index (χ0v) is 11.7. The number of alkyl halides is 3. The van der Waals surface area contributed by atoms with Crippen molar-refractivity contribution in [1.82, 2.24) is 14.9 Å². The second-order valence-electron chi connectivity index (χ2n) is 4.74. The van der Waals surface area contributed by atoms with E-state index in [1.165, 1.54) is 11.0 Å². The molecule has 1 atom stereocenters. The number of nitrogens with one attached hydrogen (secondary N) is 2. The maximum Gasteiger partial charge on any atom is 0.451 e. The van der Waals surface area contributed by atoms with Crippen LogP contribution in [0.15, 0.2) is 6.07 Å². The van der Waals surface area contributed by atoms with Gasteiger partial charge < -0.3 is 15.5 Å². The molecule has 1 amide bonds. The van der Waals surface area contributed by atoms with Crippen molar-refractivity contribution in [2.75, 3.05) is 30.8 Å². The topological polar surface area (TPSA) is 70.2 Å². The van der Waals surface area contributed by atoms with Crippen LogP contribution >= 0.6 is 0 Å². The first-order chi connectivity index (χ1) is 9.81. The van der Waals surface area contributed by atoms with E-state index >= 15 is 0 Å². The van der Waals surface area contributed by atoms with Crippen LogP contribution in [0.3, 0.4) is 0 Å². The van der Waals surface area contributed by atoms with Gasteiger partial charge in [0.05, 0.1) is 0 Å². The molecular weight excluding hydrogens is 287 g/mol. The predicted octanol–water partition coefficient (Wildman–Crippen LogP) is 1.57. The van der Waals surface area contributed by atoms with Crippen LogP contribution in [0.4, 0.5) is 24.8 Å². The molecule has 0 radical (unpaired) electrons. The average molecular weight is 303 g/mol. The SMILES string of the molecule is CCNc1cc(NC2CCN(C)C2=O)nc(C(F)(F)F)n1. The van der Waals surface area contributed by atoms with Crippen molar-refractivity contribution in [1.29, 1.82) is 0 Å². The fraction of sp³-hybridized carbons (Fsp3) is 0.583. The number of carbonyl (C=O) groups is 1. The lowest BCUT2D eigenvalue weighted by Gasteiger charge is -2.15. The van der Waals surface area contributed by atoms with Crippen molar-refractivity contribution in [3.8, 4) is 0 Å². The molecule has 2 rings (SSSR count). The third kappa shape index (κ3) is 3.53. The molecule has 2 heterocycles. The predicted molar refractivity (Wildman–Crippen MR) is 70.9 cm³/mol. The summed E-state index contributed by atoms with van der Waals surface area (Å²) in [6, 6.07) is 0.810. The fourth-order valence-electron chi connectivity index (χ4n) is 2.05. The van der Waals surface area contributed by atoms with Crippen LogP contribution in [-0.4, -0.2) is 47.0 Å². The van der Waals surface area contributed by atoms with Gasteiger partial charge in [-0.15, -0.1) is 0 Å². The van der Waals surface area contributed by atoms with Crippen LogP contribution in [-0.2, 0) is 11.0 Å². The maximum atomic E-state index is 12.8. The Morgan fingerprint density at radius 3 is 2.57 bits per heavy atom. The largest absolute Gasteiger partial charge is 0.451 e. The van der Waals surface area contributed by atoms with E-state index in [1.54, 1.807) is 14.0 Å². The second-order valence-corrected chi connectivity index (χ2v) is 4.74. The Bertz CT molecular complexity index is 534. The number of anilines is 2. The molecule has 1 unspecified atom stereocenters. The third-order valence-electron chi connectivity index (χ3n) is 3.09. The summed E-state index contributed by atoms with van der Waals surface area (Å²) in [5, 5.41) is 5.47. The van der Waals surface area contributed by atoms with Crippen molar-refractivity contribution in [3.05, 3.63) is 11.9 Å². The number of hydrogen-bond donors (Lipinski definition) is 2. The van der Waals surface area contributed by atoms with Crippen LogP contribution in [0.5, 0.6) is 0 Å². The minimum Gasteiger partial charge on any atom is -0.370 e. The van der Waals surface area contributed by atoms with Gasteiger partial charge in [-0.2, -0.15) is 13.2 Å². The number of amides is 1. The molecule has 0 aromatic carbocycles. The van der Waals surface area contributed by atoms with E-state index in [-0.39, 0.29) is 17.5 Å². The van der Waals surface area contributed by atoms with Crippen LogP contribution in [0.25, 0.3) is 0 Å². The van der Waals surface area contributed by atoms with Crippen LogP contribution in [0.1, 0.15) is 19.2 Å². The van der Waals surface area contributed by atoms with Gasteiger partial charge in [-0.1, -0.05) is 0 Å². The Hall–Kier alpha value is -2.06. The fourth-order valence-corrected chi connectivity index (χ4v) is 2.05. The number of nitrogens with zero attached hydrogens (tertiary/aromatic N) is 3. The zero-order chi connectivity index (χ0) is 15.6. The maximum absolute atomic E-state index is 12.8. The molecule has 1 fully saturated rings. The third-order valence-corrected chi connectivity index (χ3v) is 3.09. The van der Waals surface area contributed by atoms with Crippen LogP contribution in [0, 0.1) is 0 Å². The molecule has 1 aliphatic rings. The summed E-state index contributed by atoms with van der Waals surface area (Å²) in [7, 11) is 1.65. The molecule has 1 aromatic heterocycles. The van der Waals surface area contributed by atoms with Gasteiger partial charge in [-0.05, 0) is 13.3 Å². The molecular formula is C12H16F3N5O. The number of carbonyl (C=O) groups excluding carboxylic acids is 1. The number of likely N-dealkylation sites (tertiary alicyclic amines) is 1. The highest BCUT2D eigenvalue weighted by molar-refractivity contribution is 5.86. The Kier molecular flexibility index (Phi) is 4.19. The Labute approximate surface area is 119 Å². The van der Waals surface area contributed by atoms with Gasteiger partial charge in [-0.25, -0.2) is 9.97 Å². The van der Waals surface area contributed by atoms with E-state index in [9.17, 15) is 18.0 Å². The smallest absolute Gasteiger partial charge is 0.370 e. The van der Waals surface area contributed by atoms with Gasteiger partial charge >= 0.3 is 6.18 Å². The van der Waals surface area contributed by atoms with Crippen LogP contribution in [0.2, 0.25) is 0 Å². The summed E-state index contributed by atoms with van der Waals surface area (Å²) in [5.74, 6) is -1.34. The standard InChI is InChI=1S/C12H16F3N5O/c1-3-16-8-6-9(19-11(18-8)12(13,14)15)17-7-4-5-20(2)10(7)21/h6-7H,3-5H2,1-2H3,(H2,16,17,18,19). The average Bonchev–Trinajstić information content (AvgIpc) is 2.70. The second kappa shape index (κ2) is 5.74. The highest BCUT2D eigenvalue weighted by atomic mass is 19.4. The summed E-state index contributed by atoms with van der Waals surface area (Å²) in [5.41, 5.74) is 0. The van der Waals surface area contributed by atoms with Gasteiger partial charge in [0.2, 0.25) is 11.7 Å². The van der Waals surface area contributed by atoms with Crippen LogP contribution < -0.4 is 10.6 Å². The van der Waals surface area contributed by atoms with Crippen molar-refractivity contribution in [3.63, 3.8) is 0 Å². The molecule has 2 N–H and O–H groups in total. The summed E-state index contributed by atoms with van der Waals surface area (Å²) in [6.07, 6.45) is -4.12. The molecule has 0 spiro atoms. The Balaban J connectivity index is 2.26. The molecule has 21 heavy (non-hydrogen) atoms. The van der Waals surface area contributed by atoms with Crippen molar-refractivity contribution >= 4 is 17.5 Å². The first-order valence-corrected chi connectivity index (χ1v) is 6.53. The lowest BCUT2D eigenvalue weighted by atomic mass is 10.2. The van der Waals surface area contributed by atoms with E-state index in [0.29, 0.717) is 19.5 Å². The molecule has 1 saturated heterocycles. The van der Waals surface area contributed by atoms with Crippen molar-refractivity contribution in [2.24, 2.45) is 0 Å². The summed E-state index contributed by atoms with van der Waals surface area (Å²) < 4.78 is 38.4. The van der Waals surface area contributed by atoms with Crippen molar-refractivity contribution in [2.45, 2.75) is 25.6 Å².